The van der Waals surface area contributed by atoms with Crippen LogP contribution in [0.15, 0.2) is 83.3 Å². The summed E-state index contributed by atoms with van der Waals surface area (Å²) in [5.41, 5.74) is 12.2. The minimum absolute atomic E-state index is 0.565. The number of nitrogens with zero attached hydrogens (tertiary/aromatic N) is 2. The maximum Gasteiger partial charge on any atom is 0.331 e. The predicted molar refractivity (Wildman–Crippen MR) is 111 cm³/mol. The molecule has 0 aliphatic carbocycles. The molecule has 0 bridgehead atoms. The van der Waals surface area contributed by atoms with Crippen LogP contribution in [0.1, 0.15) is 11.1 Å². The summed E-state index contributed by atoms with van der Waals surface area (Å²) >= 11 is 3.71. The van der Waals surface area contributed by atoms with Crippen LogP contribution in [0, 0.1) is 0 Å². The molecule has 122 valence electrons. The standard InChI is InChI=1S/C23H13BrN2/c24-19-13-17-10-9-14-7-4-8-15-11-12-18(21(17)20(14)15)22(19)23(26-25)16-5-2-1-3-6-16/h1-13H. The first-order chi connectivity index (χ1) is 12.8. The van der Waals surface area contributed by atoms with Crippen LogP contribution in [0.5, 0.6) is 0 Å². The van der Waals surface area contributed by atoms with Gasteiger partial charge in [0.25, 0.3) is 0 Å². The molecule has 5 aromatic carbocycles. The molecule has 5 aromatic rings. The molecule has 0 radical (unpaired) electrons. The monoisotopic (exact) mass is 396 g/mol. The van der Waals surface area contributed by atoms with Gasteiger partial charge in [-0.3, -0.25) is 0 Å². The highest BCUT2D eigenvalue weighted by Crippen LogP contribution is 2.39. The van der Waals surface area contributed by atoms with E-state index in [0.29, 0.717) is 5.71 Å². The zero-order valence-electron chi connectivity index (χ0n) is 13.8. The van der Waals surface area contributed by atoms with Gasteiger partial charge in [0, 0.05) is 4.47 Å². The van der Waals surface area contributed by atoms with Crippen LogP contribution in [0.2, 0.25) is 0 Å². The summed E-state index contributed by atoms with van der Waals surface area (Å²) in [5, 5.41) is 7.14. The van der Waals surface area contributed by atoms with Gasteiger partial charge >= 0.3 is 5.71 Å². The Bertz CT molecular complexity index is 1320. The van der Waals surface area contributed by atoms with Gasteiger partial charge in [-0.05, 0) is 66.4 Å². The van der Waals surface area contributed by atoms with Crippen LogP contribution in [-0.2, 0) is 0 Å². The second-order valence-electron chi connectivity index (χ2n) is 6.40. The zero-order chi connectivity index (χ0) is 17.7. The Kier molecular flexibility index (Phi) is 3.39. The van der Waals surface area contributed by atoms with Gasteiger partial charge in [-0.15, -0.1) is 0 Å². The molecule has 0 saturated carbocycles. The second kappa shape index (κ2) is 5.77. The van der Waals surface area contributed by atoms with Crippen molar-refractivity contribution in [3.63, 3.8) is 0 Å². The average molecular weight is 397 g/mol. The van der Waals surface area contributed by atoms with Gasteiger partial charge in [0.15, 0.2) is 0 Å². The molecule has 0 aromatic heterocycles. The van der Waals surface area contributed by atoms with Crippen molar-refractivity contribution in [2.24, 2.45) is 0 Å². The van der Waals surface area contributed by atoms with E-state index >= 15 is 0 Å². The minimum atomic E-state index is 0.565. The molecule has 0 heterocycles. The third kappa shape index (κ3) is 2.12. The van der Waals surface area contributed by atoms with Crippen LogP contribution >= 0.6 is 15.9 Å². The van der Waals surface area contributed by atoms with E-state index in [1.807, 2.05) is 30.3 Å². The average Bonchev–Trinajstić information content (AvgIpc) is 2.69. The topological polar surface area (TPSA) is 36.4 Å². The first-order valence-electron chi connectivity index (χ1n) is 8.42. The molecule has 2 nitrogen and oxygen atoms in total. The van der Waals surface area contributed by atoms with E-state index < -0.39 is 0 Å². The van der Waals surface area contributed by atoms with Gasteiger partial charge in [0.05, 0.1) is 11.1 Å². The lowest BCUT2D eigenvalue weighted by Gasteiger charge is -2.14. The molecule has 26 heavy (non-hydrogen) atoms. The Labute approximate surface area is 158 Å². The van der Waals surface area contributed by atoms with Gasteiger partial charge in [-0.2, -0.15) is 4.79 Å². The SMILES string of the molecule is [N-]=[N+]=C(c1ccccc1)c1c(Br)cc2ccc3cccc4ccc1c2c34. The van der Waals surface area contributed by atoms with Crippen LogP contribution in [-0.4, -0.2) is 10.5 Å². The van der Waals surface area contributed by atoms with E-state index in [1.165, 1.54) is 26.9 Å². The van der Waals surface area contributed by atoms with E-state index in [1.54, 1.807) is 0 Å². The normalized spacial score (nSPS) is 11.3. The minimum Gasteiger partial charge on any atom is -0.361 e. The molecule has 0 aliphatic heterocycles. The fourth-order valence-electron chi connectivity index (χ4n) is 3.86. The third-order valence-corrected chi connectivity index (χ3v) is 5.61. The Hall–Kier alpha value is -3.00. The highest BCUT2D eigenvalue weighted by atomic mass is 79.9. The first kappa shape index (κ1) is 15.3. The third-order valence-electron chi connectivity index (χ3n) is 4.98. The molecule has 5 rings (SSSR count). The molecule has 0 amide bonds. The van der Waals surface area contributed by atoms with Crippen molar-refractivity contribution in [3.8, 4) is 0 Å². The largest absolute Gasteiger partial charge is 0.361 e. The lowest BCUT2D eigenvalue weighted by atomic mass is 9.89. The van der Waals surface area contributed by atoms with Crippen molar-refractivity contribution >= 4 is 54.0 Å². The highest BCUT2D eigenvalue weighted by Gasteiger charge is 2.23. The van der Waals surface area contributed by atoms with Crippen molar-refractivity contribution in [2.45, 2.75) is 0 Å². The van der Waals surface area contributed by atoms with Crippen molar-refractivity contribution in [2.75, 3.05) is 0 Å². The zero-order valence-corrected chi connectivity index (χ0v) is 15.4. The van der Waals surface area contributed by atoms with E-state index in [-0.39, 0.29) is 0 Å². The van der Waals surface area contributed by atoms with Gasteiger partial charge in [0.1, 0.15) is 0 Å². The number of hydrogen-bond donors (Lipinski definition) is 0. The van der Waals surface area contributed by atoms with Crippen molar-refractivity contribution < 1.29 is 4.79 Å². The first-order valence-corrected chi connectivity index (χ1v) is 9.21. The smallest absolute Gasteiger partial charge is 0.331 e. The summed E-state index contributed by atoms with van der Waals surface area (Å²) in [6, 6.07) is 26.8. The fourth-order valence-corrected chi connectivity index (χ4v) is 4.51. The molecular weight excluding hydrogens is 384 g/mol. The summed E-state index contributed by atoms with van der Waals surface area (Å²) in [6.45, 7) is 0. The Balaban J connectivity index is 1.97. The van der Waals surface area contributed by atoms with E-state index in [2.05, 4.69) is 69.3 Å². The van der Waals surface area contributed by atoms with Gasteiger partial charge < -0.3 is 5.53 Å². The van der Waals surface area contributed by atoms with Gasteiger partial charge in [-0.25, -0.2) is 0 Å². The predicted octanol–water partition coefficient (Wildman–Crippen LogP) is 6.41. The quantitative estimate of drug-likeness (QED) is 0.143. The summed E-state index contributed by atoms with van der Waals surface area (Å²) in [5.74, 6) is 0. The van der Waals surface area contributed by atoms with E-state index in [9.17, 15) is 5.53 Å². The molecule has 0 aliphatic rings. The molecule has 0 N–H and O–H groups in total. The maximum atomic E-state index is 9.82. The number of benzene rings is 5. The van der Waals surface area contributed by atoms with Crippen molar-refractivity contribution in [1.29, 1.82) is 0 Å². The molecule has 0 spiro atoms. The van der Waals surface area contributed by atoms with Crippen LogP contribution in [0.4, 0.5) is 0 Å². The lowest BCUT2D eigenvalue weighted by molar-refractivity contribution is -0.00272. The molecular formula is C23H13BrN2. The second-order valence-corrected chi connectivity index (χ2v) is 7.26. The van der Waals surface area contributed by atoms with Crippen molar-refractivity contribution in [1.82, 2.24) is 0 Å². The molecule has 3 heteroatoms. The van der Waals surface area contributed by atoms with E-state index in [0.717, 1.165) is 21.0 Å². The summed E-state index contributed by atoms with van der Waals surface area (Å²) in [7, 11) is 0. The van der Waals surface area contributed by atoms with Crippen LogP contribution in [0.3, 0.4) is 0 Å². The number of rotatable bonds is 2. The lowest BCUT2D eigenvalue weighted by Crippen LogP contribution is -2.07. The molecule has 0 fully saturated rings. The summed E-state index contributed by atoms with van der Waals surface area (Å²) in [6.07, 6.45) is 0. The molecule has 0 atom stereocenters. The number of hydrogen-bond acceptors (Lipinski definition) is 0. The van der Waals surface area contributed by atoms with Crippen LogP contribution in [0.25, 0.3) is 37.8 Å². The highest BCUT2D eigenvalue weighted by molar-refractivity contribution is 9.10. The van der Waals surface area contributed by atoms with E-state index in [4.69, 9.17) is 0 Å². The molecule has 0 unspecified atom stereocenters. The molecule has 0 saturated heterocycles. The van der Waals surface area contributed by atoms with Crippen LogP contribution < -0.4 is 0 Å². The Morgan fingerprint density at radius 2 is 1.42 bits per heavy atom. The van der Waals surface area contributed by atoms with Gasteiger partial charge in [0.2, 0.25) is 0 Å². The maximum absolute atomic E-state index is 9.82. The van der Waals surface area contributed by atoms with Crippen molar-refractivity contribution in [3.05, 3.63) is 100.0 Å². The Morgan fingerprint density at radius 1 is 0.731 bits per heavy atom. The number of halogens is 1. The summed E-state index contributed by atoms with van der Waals surface area (Å²) < 4.78 is 0.917. The van der Waals surface area contributed by atoms with Gasteiger partial charge in [-0.1, -0.05) is 60.7 Å². The summed E-state index contributed by atoms with van der Waals surface area (Å²) in [4.78, 5) is 3.66. The Morgan fingerprint density at radius 3 is 2.15 bits per heavy atom. The fraction of sp³-hybridized carbons (Fsp3) is 0.